The van der Waals surface area contributed by atoms with E-state index in [1.165, 1.54) is 18.4 Å². The van der Waals surface area contributed by atoms with E-state index in [4.69, 9.17) is 21.1 Å². The number of nitrogens with one attached hydrogen (secondary N) is 1. The second-order valence-electron chi connectivity index (χ2n) is 5.12. The van der Waals surface area contributed by atoms with E-state index in [2.05, 4.69) is 5.32 Å². The quantitative estimate of drug-likeness (QED) is 0.673. The largest absolute Gasteiger partial charge is 0.495 e. The molecule has 25 heavy (non-hydrogen) atoms. The molecule has 128 valence electrons. The van der Waals surface area contributed by atoms with Crippen LogP contribution >= 0.6 is 22.9 Å². The van der Waals surface area contributed by atoms with Gasteiger partial charge in [-0.05, 0) is 35.7 Å². The molecule has 0 spiro atoms. The molecule has 7 heteroatoms. The van der Waals surface area contributed by atoms with Crippen LogP contribution in [0.4, 0.5) is 5.69 Å². The van der Waals surface area contributed by atoms with Crippen molar-refractivity contribution in [2.45, 2.75) is 0 Å². The van der Waals surface area contributed by atoms with Gasteiger partial charge in [-0.2, -0.15) is 0 Å². The number of hydrogen-bond donors (Lipinski definition) is 1. The summed E-state index contributed by atoms with van der Waals surface area (Å²) in [6.07, 6.45) is 0. The number of anilines is 1. The number of carbonyl (C=O) groups is 2. The van der Waals surface area contributed by atoms with Crippen molar-refractivity contribution < 1.29 is 19.1 Å². The van der Waals surface area contributed by atoms with Gasteiger partial charge in [-0.15, -0.1) is 11.3 Å². The van der Waals surface area contributed by atoms with E-state index >= 15 is 0 Å². The molecular formula is C18H14ClNO4S. The molecule has 0 fully saturated rings. The van der Waals surface area contributed by atoms with Crippen molar-refractivity contribution in [3.05, 3.63) is 58.4 Å². The minimum atomic E-state index is -0.533. The minimum Gasteiger partial charge on any atom is -0.495 e. The first kappa shape index (κ1) is 17.3. The van der Waals surface area contributed by atoms with Crippen molar-refractivity contribution in [1.82, 2.24) is 0 Å². The highest BCUT2D eigenvalue weighted by atomic mass is 35.5. The molecule has 3 rings (SSSR count). The van der Waals surface area contributed by atoms with Crippen LogP contribution in [0.1, 0.15) is 9.67 Å². The highest BCUT2D eigenvalue weighted by Crippen LogP contribution is 2.28. The first-order chi connectivity index (χ1) is 12.1. The molecule has 0 unspecified atom stereocenters. The van der Waals surface area contributed by atoms with E-state index in [1.807, 2.05) is 24.3 Å². The zero-order chi connectivity index (χ0) is 17.8. The molecule has 1 amide bonds. The SMILES string of the molecule is COc1ccc(Cl)cc1NC(=O)COC(=O)c1cc2ccccc2s1. The number of fused-ring (bicyclic) bond motifs is 1. The fourth-order valence-electron chi connectivity index (χ4n) is 2.25. The van der Waals surface area contributed by atoms with E-state index < -0.39 is 18.5 Å². The number of thiophene rings is 1. The first-order valence-corrected chi connectivity index (χ1v) is 8.55. The lowest BCUT2D eigenvalue weighted by Crippen LogP contribution is -2.20. The molecule has 1 heterocycles. The van der Waals surface area contributed by atoms with Gasteiger partial charge in [-0.25, -0.2) is 4.79 Å². The zero-order valence-corrected chi connectivity index (χ0v) is 14.8. The highest BCUT2D eigenvalue weighted by Gasteiger charge is 2.14. The van der Waals surface area contributed by atoms with Gasteiger partial charge in [0.15, 0.2) is 6.61 Å². The van der Waals surface area contributed by atoms with Gasteiger partial charge < -0.3 is 14.8 Å². The van der Waals surface area contributed by atoms with Gasteiger partial charge in [-0.3, -0.25) is 4.79 Å². The molecule has 2 aromatic carbocycles. The maximum absolute atomic E-state index is 12.1. The number of rotatable bonds is 5. The van der Waals surface area contributed by atoms with Crippen molar-refractivity contribution in [2.24, 2.45) is 0 Å². The maximum Gasteiger partial charge on any atom is 0.348 e. The normalized spacial score (nSPS) is 10.5. The number of hydrogen-bond acceptors (Lipinski definition) is 5. The third kappa shape index (κ3) is 4.10. The summed E-state index contributed by atoms with van der Waals surface area (Å²) < 4.78 is 11.2. The minimum absolute atomic E-state index is 0.400. The van der Waals surface area contributed by atoms with Crippen LogP contribution in [0, 0.1) is 0 Å². The zero-order valence-electron chi connectivity index (χ0n) is 13.2. The lowest BCUT2D eigenvalue weighted by atomic mass is 10.2. The number of amides is 1. The fourth-order valence-corrected chi connectivity index (χ4v) is 3.38. The van der Waals surface area contributed by atoms with Gasteiger partial charge >= 0.3 is 5.97 Å². The van der Waals surface area contributed by atoms with E-state index in [0.29, 0.717) is 21.3 Å². The number of benzene rings is 2. The Balaban J connectivity index is 1.62. The van der Waals surface area contributed by atoms with Crippen LogP contribution in [0.2, 0.25) is 5.02 Å². The maximum atomic E-state index is 12.1. The topological polar surface area (TPSA) is 64.6 Å². The number of methoxy groups -OCH3 is 1. The molecule has 5 nitrogen and oxygen atoms in total. The van der Waals surface area contributed by atoms with Gasteiger partial charge in [0.1, 0.15) is 10.6 Å². The van der Waals surface area contributed by atoms with E-state index in [9.17, 15) is 9.59 Å². The Kier molecular flexibility index (Phi) is 5.21. The van der Waals surface area contributed by atoms with Crippen molar-refractivity contribution in [1.29, 1.82) is 0 Å². The summed E-state index contributed by atoms with van der Waals surface area (Å²) in [5, 5.41) is 4.04. The molecule has 1 N–H and O–H groups in total. The second kappa shape index (κ2) is 7.55. The van der Waals surface area contributed by atoms with Crippen LogP contribution in [0.25, 0.3) is 10.1 Å². The standard InChI is InChI=1S/C18H14ClNO4S/c1-23-14-7-6-12(19)9-13(14)20-17(21)10-24-18(22)16-8-11-4-2-3-5-15(11)25-16/h2-9H,10H2,1H3,(H,20,21). The number of halogens is 1. The molecule has 0 saturated heterocycles. The summed E-state index contributed by atoms with van der Waals surface area (Å²) in [5.41, 5.74) is 0.415. The van der Waals surface area contributed by atoms with E-state index in [-0.39, 0.29) is 0 Å². The highest BCUT2D eigenvalue weighted by molar-refractivity contribution is 7.20. The van der Waals surface area contributed by atoms with Crippen LogP contribution in [0.3, 0.4) is 0 Å². The Hall–Kier alpha value is -2.57. The van der Waals surface area contributed by atoms with Crippen LogP contribution in [0.15, 0.2) is 48.5 Å². The molecular weight excluding hydrogens is 362 g/mol. The molecule has 0 aliphatic rings. The van der Waals surface area contributed by atoms with Gasteiger partial charge in [0.2, 0.25) is 0 Å². The predicted octanol–water partition coefficient (Wildman–Crippen LogP) is 4.36. The fraction of sp³-hybridized carbons (Fsp3) is 0.111. The molecule has 0 radical (unpaired) electrons. The molecule has 0 aliphatic carbocycles. The molecule has 3 aromatic rings. The van der Waals surface area contributed by atoms with Crippen molar-refractivity contribution in [3.8, 4) is 5.75 Å². The third-order valence-electron chi connectivity index (χ3n) is 3.40. The summed E-state index contributed by atoms with van der Waals surface area (Å²) in [6.45, 7) is -0.400. The van der Waals surface area contributed by atoms with E-state index in [1.54, 1.807) is 24.3 Å². The van der Waals surface area contributed by atoms with Gasteiger partial charge in [0.25, 0.3) is 5.91 Å². The molecule has 0 aliphatic heterocycles. The summed E-state index contributed by atoms with van der Waals surface area (Å²) in [7, 11) is 1.49. The molecule has 0 atom stereocenters. The van der Waals surface area contributed by atoms with Crippen molar-refractivity contribution >= 4 is 50.6 Å². The lowest BCUT2D eigenvalue weighted by molar-refractivity contribution is -0.119. The number of carbonyl (C=O) groups excluding carboxylic acids is 2. The van der Waals surface area contributed by atoms with Crippen LogP contribution in [0.5, 0.6) is 5.75 Å². The van der Waals surface area contributed by atoms with Gasteiger partial charge in [0, 0.05) is 9.72 Å². The molecule has 0 saturated carbocycles. The van der Waals surface area contributed by atoms with Crippen LogP contribution < -0.4 is 10.1 Å². The first-order valence-electron chi connectivity index (χ1n) is 7.36. The Morgan fingerprint density at radius 3 is 2.72 bits per heavy atom. The second-order valence-corrected chi connectivity index (χ2v) is 6.64. The van der Waals surface area contributed by atoms with Crippen LogP contribution in [-0.2, 0) is 9.53 Å². The average molecular weight is 376 g/mol. The van der Waals surface area contributed by atoms with E-state index in [0.717, 1.165) is 10.1 Å². The Morgan fingerprint density at radius 1 is 1.16 bits per heavy atom. The van der Waals surface area contributed by atoms with Gasteiger partial charge in [0.05, 0.1) is 12.8 Å². The Morgan fingerprint density at radius 2 is 1.96 bits per heavy atom. The predicted molar refractivity (Wildman–Crippen MR) is 98.7 cm³/mol. The third-order valence-corrected chi connectivity index (χ3v) is 4.73. The monoisotopic (exact) mass is 375 g/mol. The summed E-state index contributed by atoms with van der Waals surface area (Å²) in [6, 6.07) is 14.2. The van der Waals surface area contributed by atoms with Gasteiger partial charge in [-0.1, -0.05) is 29.8 Å². The van der Waals surface area contributed by atoms with Crippen LogP contribution in [-0.4, -0.2) is 25.6 Å². The summed E-state index contributed by atoms with van der Waals surface area (Å²) >= 11 is 7.24. The lowest BCUT2D eigenvalue weighted by Gasteiger charge is -2.10. The van der Waals surface area contributed by atoms with Crippen molar-refractivity contribution in [2.75, 3.05) is 19.0 Å². The smallest absolute Gasteiger partial charge is 0.348 e. The molecule has 1 aromatic heterocycles. The molecule has 0 bridgehead atoms. The Bertz CT molecular complexity index is 905. The summed E-state index contributed by atoms with van der Waals surface area (Å²) in [5.74, 6) is -0.544. The number of esters is 1. The van der Waals surface area contributed by atoms with Crippen molar-refractivity contribution in [3.63, 3.8) is 0 Å². The summed E-state index contributed by atoms with van der Waals surface area (Å²) in [4.78, 5) is 24.6. The number of ether oxygens (including phenoxy) is 2. The average Bonchev–Trinajstić information content (AvgIpc) is 3.04. The Labute approximate surface area is 153 Å².